The van der Waals surface area contributed by atoms with Crippen molar-refractivity contribution in [3.63, 3.8) is 0 Å². The number of rotatable bonds is 6. The van der Waals surface area contributed by atoms with Gasteiger partial charge in [-0.3, -0.25) is 0 Å². The van der Waals surface area contributed by atoms with E-state index in [2.05, 4.69) is 4.72 Å². The van der Waals surface area contributed by atoms with Crippen molar-refractivity contribution >= 4 is 10.0 Å². The van der Waals surface area contributed by atoms with E-state index in [1.807, 2.05) is 6.92 Å². The molecule has 0 saturated heterocycles. The predicted octanol–water partition coefficient (Wildman–Crippen LogP) is 1.11. The number of hydrogen-bond acceptors (Lipinski definition) is 3. The van der Waals surface area contributed by atoms with E-state index in [9.17, 15) is 13.5 Å². The summed E-state index contributed by atoms with van der Waals surface area (Å²) in [4.78, 5) is 0. The van der Waals surface area contributed by atoms with E-state index in [4.69, 9.17) is 0 Å². The van der Waals surface area contributed by atoms with Crippen molar-refractivity contribution in [3.8, 4) is 0 Å². The Morgan fingerprint density at radius 1 is 1.25 bits per heavy atom. The van der Waals surface area contributed by atoms with E-state index in [0.717, 1.165) is 25.7 Å². The first kappa shape index (κ1) is 13.9. The number of aliphatic hydroxyl groups excluding tert-OH is 1. The molecule has 0 spiro atoms. The highest BCUT2D eigenvalue weighted by atomic mass is 32.2. The highest BCUT2D eigenvalue weighted by molar-refractivity contribution is 7.89. The first-order valence-corrected chi connectivity index (χ1v) is 7.82. The topological polar surface area (TPSA) is 66.4 Å². The molecule has 96 valence electrons. The number of nitrogens with one attached hydrogen (secondary N) is 1. The maximum atomic E-state index is 11.5. The van der Waals surface area contributed by atoms with Gasteiger partial charge < -0.3 is 5.11 Å². The summed E-state index contributed by atoms with van der Waals surface area (Å²) in [5.41, 5.74) is 0. The highest BCUT2D eigenvalue weighted by Gasteiger charge is 2.25. The van der Waals surface area contributed by atoms with Gasteiger partial charge in [-0.05, 0) is 31.1 Å². The minimum absolute atomic E-state index is 0.181. The summed E-state index contributed by atoms with van der Waals surface area (Å²) >= 11 is 0. The molecule has 1 fully saturated rings. The van der Waals surface area contributed by atoms with Crippen molar-refractivity contribution in [3.05, 3.63) is 0 Å². The van der Waals surface area contributed by atoms with Crippen LogP contribution in [0, 0.1) is 11.8 Å². The van der Waals surface area contributed by atoms with Crippen molar-refractivity contribution in [2.75, 3.05) is 18.9 Å². The minimum atomic E-state index is -3.09. The average molecular weight is 249 g/mol. The van der Waals surface area contributed by atoms with Crippen LogP contribution in [-0.4, -0.2) is 32.4 Å². The smallest absolute Gasteiger partial charge is 0.211 e. The Balaban J connectivity index is 2.41. The molecule has 0 aromatic heterocycles. The van der Waals surface area contributed by atoms with Crippen LogP contribution in [0.4, 0.5) is 0 Å². The van der Waals surface area contributed by atoms with Crippen LogP contribution in [-0.2, 0) is 10.0 Å². The van der Waals surface area contributed by atoms with Gasteiger partial charge in [-0.2, -0.15) is 0 Å². The third kappa shape index (κ3) is 4.39. The third-order valence-corrected chi connectivity index (χ3v) is 4.89. The Hall–Kier alpha value is -0.130. The Bertz CT molecular complexity index is 290. The molecule has 0 amide bonds. The summed E-state index contributed by atoms with van der Waals surface area (Å²) < 4.78 is 25.6. The van der Waals surface area contributed by atoms with Crippen LogP contribution >= 0.6 is 0 Å². The summed E-state index contributed by atoms with van der Waals surface area (Å²) in [6.45, 7) is 2.53. The van der Waals surface area contributed by atoms with Gasteiger partial charge in [-0.1, -0.05) is 19.8 Å². The van der Waals surface area contributed by atoms with Crippen LogP contribution in [0.25, 0.3) is 0 Å². The van der Waals surface area contributed by atoms with Gasteiger partial charge in [-0.15, -0.1) is 0 Å². The summed E-state index contributed by atoms with van der Waals surface area (Å²) in [5.74, 6) is 0.784. The Morgan fingerprint density at radius 2 is 1.88 bits per heavy atom. The molecule has 1 rings (SSSR count). The fourth-order valence-corrected chi connectivity index (χ4v) is 3.52. The molecule has 0 aliphatic heterocycles. The van der Waals surface area contributed by atoms with Crippen LogP contribution in [0.1, 0.15) is 39.0 Å². The van der Waals surface area contributed by atoms with Crippen LogP contribution < -0.4 is 4.72 Å². The average Bonchev–Trinajstić information content (AvgIpc) is 2.27. The lowest BCUT2D eigenvalue weighted by Gasteiger charge is -2.30. The summed E-state index contributed by atoms with van der Waals surface area (Å²) in [6.07, 6.45) is 5.00. The third-order valence-electron chi connectivity index (χ3n) is 3.34. The quantitative estimate of drug-likeness (QED) is 0.741. The molecule has 2 atom stereocenters. The Morgan fingerprint density at radius 3 is 2.44 bits per heavy atom. The second-order valence-corrected chi connectivity index (χ2v) is 6.58. The van der Waals surface area contributed by atoms with Gasteiger partial charge in [-0.25, -0.2) is 13.1 Å². The van der Waals surface area contributed by atoms with E-state index in [0.29, 0.717) is 18.9 Å². The zero-order valence-corrected chi connectivity index (χ0v) is 10.8. The van der Waals surface area contributed by atoms with Crippen molar-refractivity contribution < 1.29 is 13.5 Å². The summed E-state index contributed by atoms with van der Waals surface area (Å²) in [5, 5.41) is 9.22. The van der Waals surface area contributed by atoms with E-state index >= 15 is 0 Å². The predicted molar refractivity (Wildman–Crippen MR) is 64.6 cm³/mol. The molecule has 2 N–H and O–H groups in total. The SMILES string of the molecule is CCCS(=O)(=O)NCC1CCCCC1CO. The zero-order valence-electron chi connectivity index (χ0n) is 9.98. The normalized spacial score (nSPS) is 26.9. The van der Waals surface area contributed by atoms with Crippen LogP contribution in [0.5, 0.6) is 0 Å². The van der Waals surface area contributed by atoms with Gasteiger partial charge in [0.2, 0.25) is 10.0 Å². The molecular formula is C11H23NO3S. The molecule has 0 bridgehead atoms. The first-order chi connectivity index (χ1) is 7.59. The molecule has 1 aliphatic rings. The van der Waals surface area contributed by atoms with Crippen molar-refractivity contribution in [1.82, 2.24) is 4.72 Å². The van der Waals surface area contributed by atoms with E-state index in [1.54, 1.807) is 0 Å². The standard InChI is InChI=1S/C11H23NO3S/c1-2-7-16(14,15)12-8-10-5-3-4-6-11(10)9-13/h10-13H,2-9H2,1H3. The molecule has 0 heterocycles. The molecular weight excluding hydrogens is 226 g/mol. The largest absolute Gasteiger partial charge is 0.396 e. The minimum Gasteiger partial charge on any atom is -0.396 e. The molecule has 4 nitrogen and oxygen atoms in total. The lowest BCUT2D eigenvalue weighted by molar-refractivity contribution is 0.136. The molecule has 5 heteroatoms. The van der Waals surface area contributed by atoms with Gasteiger partial charge in [0.15, 0.2) is 0 Å². The van der Waals surface area contributed by atoms with Gasteiger partial charge in [0.05, 0.1) is 5.75 Å². The molecule has 0 aromatic rings. The summed E-state index contributed by atoms with van der Waals surface area (Å²) in [6, 6.07) is 0. The maximum Gasteiger partial charge on any atom is 0.211 e. The second kappa shape index (κ2) is 6.57. The molecule has 1 saturated carbocycles. The fourth-order valence-electron chi connectivity index (χ4n) is 2.37. The monoisotopic (exact) mass is 249 g/mol. The summed E-state index contributed by atoms with van der Waals surface area (Å²) in [7, 11) is -3.09. The van der Waals surface area contributed by atoms with Crippen LogP contribution in [0.2, 0.25) is 0 Å². The number of hydrogen-bond donors (Lipinski definition) is 2. The maximum absolute atomic E-state index is 11.5. The van der Waals surface area contributed by atoms with E-state index < -0.39 is 10.0 Å². The lowest BCUT2D eigenvalue weighted by Crippen LogP contribution is -2.36. The van der Waals surface area contributed by atoms with Gasteiger partial charge in [0, 0.05) is 13.2 Å². The number of sulfonamides is 1. The zero-order chi connectivity index (χ0) is 12.0. The second-order valence-electron chi connectivity index (χ2n) is 4.65. The molecule has 1 aliphatic carbocycles. The molecule has 2 unspecified atom stereocenters. The van der Waals surface area contributed by atoms with Crippen LogP contribution in [0.3, 0.4) is 0 Å². The van der Waals surface area contributed by atoms with E-state index in [-0.39, 0.29) is 18.3 Å². The van der Waals surface area contributed by atoms with Crippen molar-refractivity contribution in [2.45, 2.75) is 39.0 Å². The number of aliphatic hydroxyl groups is 1. The van der Waals surface area contributed by atoms with Gasteiger partial charge in [0.25, 0.3) is 0 Å². The van der Waals surface area contributed by atoms with Gasteiger partial charge in [0.1, 0.15) is 0 Å². The van der Waals surface area contributed by atoms with Gasteiger partial charge >= 0.3 is 0 Å². The Kier molecular flexibility index (Phi) is 5.72. The molecule has 0 aromatic carbocycles. The highest BCUT2D eigenvalue weighted by Crippen LogP contribution is 2.29. The van der Waals surface area contributed by atoms with Crippen molar-refractivity contribution in [2.24, 2.45) is 11.8 Å². The molecule has 16 heavy (non-hydrogen) atoms. The van der Waals surface area contributed by atoms with E-state index in [1.165, 1.54) is 0 Å². The first-order valence-electron chi connectivity index (χ1n) is 6.17. The fraction of sp³-hybridized carbons (Fsp3) is 1.00. The molecule has 0 radical (unpaired) electrons. The van der Waals surface area contributed by atoms with Crippen molar-refractivity contribution in [1.29, 1.82) is 0 Å². The van der Waals surface area contributed by atoms with Crippen LogP contribution in [0.15, 0.2) is 0 Å². The Labute approximate surface area is 98.5 Å². The lowest BCUT2D eigenvalue weighted by atomic mass is 9.80.